The smallest absolute Gasteiger partial charge is 0.255 e. The molecule has 0 unspecified atom stereocenters. The summed E-state index contributed by atoms with van der Waals surface area (Å²) in [4.78, 5) is 12.0. The summed E-state index contributed by atoms with van der Waals surface area (Å²) >= 11 is 9.89. The van der Waals surface area contributed by atoms with Gasteiger partial charge in [0.15, 0.2) is 0 Å². The Balaban J connectivity index is 2.23. The van der Waals surface area contributed by atoms with Crippen LogP contribution in [0.2, 0.25) is 0 Å². The monoisotopic (exact) mass is 447 g/mol. The van der Waals surface area contributed by atoms with E-state index in [1.807, 2.05) is 12.1 Å². The maximum Gasteiger partial charge on any atom is 0.255 e. The van der Waals surface area contributed by atoms with E-state index in [1.165, 1.54) is 6.07 Å². The van der Waals surface area contributed by atoms with Crippen LogP contribution in [-0.2, 0) is 0 Å². The Morgan fingerprint density at radius 1 is 1.00 bits per heavy atom. The molecule has 0 heterocycles. The molecule has 3 nitrogen and oxygen atoms in total. The van der Waals surface area contributed by atoms with Crippen LogP contribution >= 0.6 is 47.8 Å². The molecule has 0 bridgehead atoms. The van der Waals surface area contributed by atoms with Gasteiger partial charge in [0.25, 0.3) is 5.91 Å². The maximum atomic E-state index is 12.0. The molecule has 98 valence electrons. The molecule has 1 amide bonds. The molecule has 2 aromatic carbocycles. The highest BCUT2D eigenvalue weighted by Gasteiger charge is 2.10. The third kappa shape index (κ3) is 3.58. The zero-order chi connectivity index (χ0) is 14.0. The lowest BCUT2D eigenvalue weighted by molar-refractivity contribution is 0.102. The Morgan fingerprint density at radius 3 is 2.37 bits per heavy atom. The van der Waals surface area contributed by atoms with E-state index in [0.29, 0.717) is 15.7 Å². The lowest BCUT2D eigenvalue weighted by Gasteiger charge is -2.08. The number of benzene rings is 2. The number of phenolic OH excluding ortho intramolecular Hbond substituents is 1. The van der Waals surface area contributed by atoms with Crippen molar-refractivity contribution in [2.24, 2.45) is 0 Å². The molecule has 6 heteroatoms. The number of phenols is 1. The van der Waals surface area contributed by atoms with E-state index in [4.69, 9.17) is 0 Å². The molecule has 0 saturated heterocycles. The van der Waals surface area contributed by atoms with Gasteiger partial charge < -0.3 is 10.4 Å². The lowest BCUT2D eigenvalue weighted by atomic mass is 10.2. The van der Waals surface area contributed by atoms with Gasteiger partial charge in [-0.3, -0.25) is 4.79 Å². The summed E-state index contributed by atoms with van der Waals surface area (Å²) in [6, 6.07) is 10.1. The fraction of sp³-hybridized carbons (Fsp3) is 0. The van der Waals surface area contributed by atoms with Crippen molar-refractivity contribution in [3.05, 3.63) is 55.4 Å². The third-order valence-corrected chi connectivity index (χ3v) is 4.21. The van der Waals surface area contributed by atoms with Crippen LogP contribution in [0.5, 0.6) is 5.75 Å². The van der Waals surface area contributed by atoms with Gasteiger partial charge in [0.2, 0.25) is 0 Å². The lowest BCUT2D eigenvalue weighted by Crippen LogP contribution is -2.12. The third-order valence-electron chi connectivity index (χ3n) is 2.39. The number of halogens is 3. The number of nitrogens with one attached hydrogen (secondary N) is 1. The van der Waals surface area contributed by atoms with Crippen molar-refractivity contribution in [2.45, 2.75) is 0 Å². The van der Waals surface area contributed by atoms with Gasteiger partial charge in [-0.2, -0.15) is 0 Å². The van der Waals surface area contributed by atoms with Crippen molar-refractivity contribution in [3.63, 3.8) is 0 Å². The van der Waals surface area contributed by atoms with E-state index >= 15 is 0 Å². The van der Waals surface area contributed by atoms with Crippen LogP contribution in [0.1, 0.15) is 10.4 Å². The standard InChI is InChI=1S/C13H8Br3NO2/c14-8-2-4-11(10(16)6-8)17-13(19)7-1-3-9(15)12(18)5-7/h1-6,18H,(H,17,19). The van der Waals surface area contributed by atoms with Crippen LogP contribution in [0.3, 0.4) is 0 Å². The maximum absolute atomic E-state index is 12.0. The summed E-state index contributed by atoms with van der Waals surface area (Å²) in [5, 5.41) is 12.3. The predicted octanol–water partition coefficient (Wildman–Crippen LogP) is 4.93. The van der Waals surface area contributed by atoms with Crippen molar-refractivity contribution >= 4 is 59.4 Å². The zero-order valence-corrected chi connectivity index (χ0v) is 14.2. The number of aromatic hydroxyl groups is 1. The number of carbonyl (C=O) groups excluding carboxylic acids is 1. The van der Waals surface area contributed by atoms with Crippen molar-refractivity contribution in [2.75, 3.05) is 5.32 Å². The summed E-state index contributed by atoms with van der Waals surface area (Å²) in [5.74, 6) is -0.256. The van der Waals surface area contributed by atoms with Crippen LogP contribution in [0.4, 0.5) is 5.69 Å². The predicted molar refractivity (Wildman–Crippen MR) is 85.6 cm³/mol. The number of carbonyl (C=O) groups is 1. The molecule has 0 spiro atoms. The molecular formula is C13H8Br3NO2. The molecule has 2 N–H and O–H groups in total. The molecular weight excluding hydrogens is 442 g/mol. The van der Waals surface area contributed by atoms with Gasteiger partial charge in [-0.05, 0) is 68.3 Å². The Hall–Kier alpha value is -0.850. The quantitative estimate of drug-likeness (QED) is 0.682. The minimum atomic E-state index is -0.286. The van der Waals surface area contributed by atoms with E-state index in [1.54, 1.807) is 18.2 Å². The molecule has 0 fully saturated rings. The first-order chi connectivity index (χ1) is 8.97. The van der Waals surface area contributed by atoms with E-state index < -0.39 is 0 Å². The van der Waals surface area contributed by atoms with Crippen LogP contribution in [0, 0.1) is 0 Å². The second kappa shape index (κ2) is 6.07. The molecule has 0 aromatic heterocycles. The van der Waals surface area contributed by atoms with Crippen molar-refractivity contribution < 1.29 is 9.90 Å². The van der Waals surface area contributed by atoms with Gasteiger partial charge in [0.1, 0.15) is 5.75 Å². The van der Waals surface area contributed by atoms with Crippen LogP contribution in [0.15, 0.2) is 49.8 Å². The molecule has 0 radical (unpaired) electrons. The van der Waals surface area contributed by atoms with Crippen molar-refractivity contribution in [1.82, 2.24) is 0 Å². The molecule has 0 aliphatic heterocycles. The minimum Gasteiger partial charge on any atom is -0.507 e. The highest BCUT2D eigenvalue weighted by molar-refractivity contribution is 9.11. The van der Waals surface area contributed by atoms with Gasteiger partial charge in [0, 0.05) is 14.5 Å². The van der Waals surface area contributed by atoms with Gasteiger partial charge >= 0.3 is 0 Å². The summed E-state index contributed by atoms with van der Waals surface area (Å²) in [6.07, 6.45) is 0. The van der Waals surface area contributed by atoms with Gasteiger partial charge in [-0.15, -0.1) is 0 Å². The second-order valence-electron chi connectivity index (χ2n) is 3.74. The van der Waals surface area contributed by atoms with Crippen molar-refractivity contribution in [3.8, 4) is 5.75 Å². The van der Waals surface area contributed by atoms with Crippen molar-refractivity contribution in [1.29, 1.82) is 0 Å². The van der Waals surface area contributed by atoms with Crippen LogP contribution in [-0.4, -0.2) is 11.0 Å². The van der Waals surface area contributed by atoms with Crippen LogP contribution in [0.25, 0.3) is 0 Å². The molecule has 0 aliphatic rings. The van der Waals surface area contributed by atoms with E-state index in [-0.39, 0.29) is 11.7 Å². The molecule has 0 saturated carbocycles. The highest BCUT2D eigenvalue weighted by Crippen LogP contribution is 2.28. The normalized spacial score (nSPS) is 10.3. The first kappa shape index (κ1) is 14.6. The number of hydrogen-bond donors (Lipinski definition) is 2. The summed E-state index contributed by atoms with van der Waals surface area (Å²) in [6.45, 7) is 0. The number of anilines is 1. The highest BCUT2D eigenvalue weighted by atomic mass is 79.9. The van der Waals surface area contributed by atoms with E-state index in [9.17, 15) is 9.90 Å². The molecule has 19 heavy (non-hydrogen) atoms. The number of amides is 1. The fourth-order valence-electron chi connectivity index (χ4n) is 1.44. The fourth-order valence-corrected chi connectivity index (χ4v) is 2.83. The summed E-state index contributed by atoms with van der Waals surface area (Å²) in [7, 11) is 0. The molecule has 2 aromatic rings. The minimum absolute atomic E-state index is 0.0301. The molecule has 0 atom stereocenters. The Kier molecular flexibility index (Phi) is 4.65. The average Bonchev–Trinajstić information content (AvgIpc) is 2.36. The summed E-state index contributed by atoms with van der Waals surface area (Å²) in [5.41, 5.74) is 1.05. The second-order valence-corrected chi connectivity index (χ2v) is 6.37. The van der Waals surface area contributed by atoms with E-state index in [2.05, 4.69) is 53.1 Å². The van der Waals surface area contributed by atoms with Gasteiger partial charge in [-0.1, -0.05) is 15.9 Å². The summed E-state index contributed by atoms with van der Waals surface area (Å²) < 4.78 is 2.24. The largest absolute Gasteiger partial charge is 0.507 e. The Labute approximate surface area is 135 Å². The van der Waals surface area contributed by atoms with Gasteiger partial charge in [0.05, 0.1) is 10.2 Å². The van der Waals surface area contributed by atoms with Gasteiger partial charge in [-0.25, -0.2) is 0 Å². The topological polar surface area (TPSA) is 49.3 Å². The average molecular weight is 450 g/mol. The first-order valence-electron chi connectivity index (χ1n) is 5.22. The molecule has 0 aliphatic carbocycles. The molecule has 2 rings (SSSR count). The first-order valence-corrected chi connectivity index (χ1v) is 7.60. The number of hydrogen-bond acceptors (Lipinski definition) is 2. The number of rotatable bonds is 2. The Morgan fingerprint density at radius 2 is 1.74 bits per heavy atom. The van der Waals surface area contributed by atoms with Crippen LogP contribution < -0.4 is 5.32 Å². The SMILES string of the molecule is O=C(Nc1ccc(Br)cc1Br)c1ccc(Br)c(O)c1. The zero-order valence-electron chi connectivity index (χ0n) is 9.45. The Bertz CT molecular complexity index is 644. The van der Waals surface area contributed by atoms with E-state index in [0.717, 1.165) is 8.95 Å².